The average molecular weight is 246 g/mol. The molecule has 0 saturated carbocycles. The topological polar surface area (TPSA) is 0 Å². The lowest BCUT2D eigenvalue weighted by molar-refractivity contribution is 0.710. The monoisotopic (exact) mass is 246 g/mol. The van der Waals surface area contributed by atoms with Crippen molar-refractivity contribution in [3.63, 3.8) is 0 Å². The molecule has 0 heterocycles. The quantitative estimate of drug-likeness (QED) is 0.579. The molecule has 2 aromatic rings. The minimum Gasteiger partial charge on any atom is -0.0836 e. The summed E-state index contributed by atoms with van der Waals surface area (Å²) in [6.07, 6.45) is 8.38. The summed E-state index contributed by atoms with van der Waals surface area (Å²) in [5.74, 6) is 0.645. The standard InChI is InChI=1S/C19H18/c1-13-12-15-7-3-4-8-16(15)18-11-10-14-6-2-5-9-17(14)19(13)18/h2,4-6,8-11,13H,3,7,12H2,1H3. The first-order valence-electron chi connectivity index (χ1n) is 7.25. The Hall–Kier alpha value is -1.82. The zero-order valence-electron chi connectivity index (χ0n) is 11.3. The van der Waals surface area contributed by atoms with Gasteiger partial charge in [-0.15, -0.1) is 0 Å². The van der Waals surface area contributed by atoms with Gasteiger partial charge in [0.25, 0.3) is 0 Å². The van der Waals surface area contributed by atoms with Crippen LogP contribution in [0.5, 0.6) is 0 Å². The number of hydrogen-bond donors (Lipinski definition) is 0. The van der Waals surface area contributed by atoms with Crippen LogP contribution >= 0.6 is 0 Å². The largest absolute Gasteiger partial charge is 0.0836 e. The summed E-state index contributed by atoms with van der Waals surface area (Å²) >= 11 is 0. The van der Waals surface area contributed by atoms with Crippen LogP contribution in [0.2, 0.25) is 0 Å². The van der Waals surface area contributed by atoms with Crippen molar-refractivity contribution >= 4 is 16.3 Å². The fourth-order valence-corrected chi connectivity index (χ4v) is 3.74. The van der Waals surface area contributed by atoms with E-state index in [2.05, 4.69) is 55.5 Å². The average Bonchev–Trinajstić information content (AvgIpc) is 2.46. The fourth-order valence-electron chi connectivity index (χ4n) is 3.74. The van der Waals surface area contributed by atoms with Gasteiger partial charge in [0.15, 0.2) is 0 Å². The van der Waals surface area contributed by atoms with Crippen LogP contribution in [-0.4, -0.2) is 0 Å². The van der Waals surface area contributed by atoms with Gasteiger partial charge in [-0.2, -0.15) is 0 Å². The van der Waals surface area contributed by atoms with Gasteiger partial charge in [0.1, 0.15) is 0 Å². The van der Waals surface area contributed by atoms with Gasteiger partial charge >= 0.3 is 0 Å². The van der Waals surface area contributed by atoms with Crippen LogP contribution in [0.1, 0.15) is 43.2 Å². The summed E-state index contributed by atoms with van der Waals surface area (Å²) in [5, 5.41) is 2.81. The number of allylic oxidation sites excluding steroid dienone is 4. The normalized spacial score (nSPS) is 21.4. The second kappa shape index (κ2) is 4.09. The van der Waals surface area contributed by atoms with Gasteiger partial charge in [0.05, 0.1) is 0 Å². The van der Waals surface area contributed by atoms with Gasteiger partial charge in [0.2, 0.25) is 0 Å². The van der Waals surface area contributed by atoms with Crippen molar-refractivity contribution in [3.05, 3.63) is 65.3 Å². The smallest absolute Gasteiger partial charge is 0.0140 e. The zero-order chi connectivity index (χ0) is 12.8. The molecule has 0 aliphatic heterocycles. The molecule has 0 N–H and O–H groups in total. The molecule has 1 unspecified atom stereocenters. The van der Waals surface area contributed by atoms with E-state index in [0.717, 1.165) is 0 Å². The summed E-state index contributed by atoms with van der Waals surface area (Å²) in [7, 11) is 0. The molecule has 1 atom stereocenters. The minimum atomic E-state index is 0.645. The highest BCUT2D eigenvalue weighted by Crippen LogP contribution is 2.45. The van der Waals surface area contributed by atoms with Crippen LogP contribution in [0.25, 0.3) is 16.3 Å². The van der Waals surface area contributed by atoms with Gasteiger partial charge in [-0.05, 0) is 52.7 Å². The molecule has 0 saturated heterocycles. The van der Waals surface area contributed by atoms with E-state index in [0.29, 0.717) is 5.92 Å². The van der Waals surface area contributed by atoms with E-state index in [1.54, 1.807) is 11.1 Å². The molecular formula is C19H18. The first kappa shape index (κ1) is 11.0. The van der Waals surface area contributed by atoms with Crippen molar-refractivity contribution in [2.24, 2.45) is 0 Å². The van der Waals surface area contributed by atoms with E-state index < -0.39 is 0 Å². The summed E-state index contributed by atoms with van der Waals surface area (Å²) in [5.41, 5.74) is 6.20. The molecule has 0 fully saturated rings. The van der Waals surface area contributed by atoms with E-state index in [1.807, 2.05) is 0 Å². The van der Waals surface area contributed by atoms with Crippen LogP contribution in [-0.2, 0) is 0 Å². The van der Waals surface area contributed by atoms with Gasteiger partial charge in [-0.1, -0.05) is 61.0 Å². The Morgan fingerprint density at radius 1 is 1.05 bits per heavy atom. The highest BCUT2D eigenvalue weighted by atomic mass is 14.3. The third kappa shape index (κ3) is 1.59. The Kier molecular flexibility index (Phi) is 2.38. The fraction of sp³-hybridized carbons (Fsp3) is 0.263. The van der Waals surface area contributed by atoms with Gasteiger partial charge in [-0.3, -0.25) is 0 Å². The molecule has 0 amide bonds. The van der Waals surface area contributed by atoms with Crippen molar-refractivity contribution in [3.8, 4) is 0 Å². The number of hydrogen-bond acceptors (Lipinski definition) is 0. The molecule has 94 valence electrons. The van der Waals surface area contributed by atoms with E-state index in [4.69, 9.17) is 0 Å². The number of fused-ring (bicyclic) bond motifs is 4. The summed E-state index contributed by atoms with van der Waals surface area (Å²) in [6, 6.07) is 13.4. The molecular weight excluding hydrogens is 228 g/mol. The van der Waals surface area contributed by atoms with Crippen molar-refractivity contribution in [1.29, 1.82) is 0 Å². The molecule has 4 rings (SSSR count). The van der Waals surface area contributed by atoms with E-state index >= 15 is 0 Å². The Labute approximate surface area is 114 Å². The number of benzene rings is 2. The van der Waals surface area contributed by atoms with E-state index in [1.165, 1.54) is 41.2 Å². The highest BCUT2D eigenvalue weighted by molar-refractivity contribution is 5.94. The van der Waals surface area contributed by atoms with Crippen LogP contribution in [0.4, 0.5) is 0 Å². The maximum absolute atomic E-state index is 2.38. The molecule has 2 aliphatic rings. The SMILES string of the molecule is CC1CC2=C(C=CCC2)c2ccc3ccccc3c21. The Morgan fingerprint density at radius 2 is 1.95 bits per heavy atom. The Balaban J connectivity index is 2.06. The first-order valence-corrected chi connectivity index (χ1v) is 7.25. The lowest BCUT2D eigenvalue weighted by atomic mass is 9.75. The van der Waals surface area contributed by atoms with Crippen molar-refractivity contribution in [2.75, 3.05) is 0 Å². The second-order valence-electron chi connectivity index (χ2n) is 5.81. The lowest BCUT2D eigenvalue weighted by Gasteiger charge is -2.30. The summed E-state index contributed by atoms with van der Waals surface area (Å²) < 4.78 is 0. The van der Waals surface area contributed by atoms with Crippen LogP contribution in [0.3, 0.4) is 0 Å². The highest BCUT2D eigenvalue weighted by Gasteiger charge is 2.25. The van der Waals surface area contributed by atoms with Gasteiger partial charge in [0, 0.05) is 0 Å². The van der Waals surface area contributed by atoms with Crippen molar-refractivity contribution in [1.82, 2.24) is 0 Å². The van der Waals surface area contributed by atoms with Crippen molar-refractivity contribution in [2.45, 2.75) is 32.1 Å². The maximum Gasteiger partial charge on any atom is -0.0140 e. The molecule has 19 heavy (non-hydrogen) atoms. The lowest BCUT2D eigenvalue weighted by Crippen LogP contribution is -2.10. The molecule has 0 aromatic heterocycles. The van der Waals surface area contributed by atoms with Gasteiger partial charge < -0.3 is 0 Å². The predicted octanol–water partition coefficient (Wildman–Crippen LogP) is 5.45. The van der Waals surface area contributed by atoms with Gasteiger partial charge in [-0.25, -0.2) is 0 Å². The number of rotatable bonds is 0. The Morgan fingerprint density at radius 3 is 2.89 bits per heavy atom. The molecule has 0 nitrogen and oxygen atoms in total. The molecule has 0 heteroatoms. The Bertz CT molecular complexity index is 716. The second-order valence-corrected chi connectivity index (χ2v) is 5.81. The van der Waals surface area contributed by atoms with Crippen LogP contribution in [0.15, 0.2) is 54.1 Å². The van der Waals surface area contributed by atoms with E-state index in [-0.39, 0.29) is 0 Å². The van der Waals surface area contributed by atoms with Crippen LogP contribution in [0, 0.1) is 0 Å². The predicted molar refractivity (Wildman–Crippen MR) is 82.3 cm³/mol. The third-order valence-electron chi connectivity index (χ3n) is 4.58. The van der Waals surface area contributed by atoms with Crippen LogP contribution < -0.4 is 0 Å². The molecule has 0 spiro atoms. The molecule has 2 aromatic carbocycles. The van der Waals surface area contributed by atoms with E-state index in [9.17, 15) is 0 Å². The third-order valence-corrected chi connectivity index (χ3v) is 4.58. The minimum absolute atomic E-state index is 0.645. The molecule has 0 radical (unpaired) electrons. The maximum atomic E-state index is 2.38. The summed E-state index contributed by atoms with van der Waals surface area (Å²) in [6.45, 7) is 2.38. The first-order chi connectivity index (χ1) is 9.34. The summed E-state index contributed by atoms with van der Waals surface area (Å²) in [4.78, 5) is 0. The zero-order valence-corrected chi connectivity index (χ0v) is 11.3. The molecule has 0 bridgehead atoms. The van der Waals surface area contributed by atoms with Crippen molar-refractivity contribution < 1.29 is 0 Å². The molecule has 2 aliphatic carbocycles.